The highest BCUT2D eigenvalue weighted by molar-refractivity contribution is 6.30. The highest BCUT2D eigenvalue weighted by Gasteiger charge is 2.10. The summed E-state index contributed by atoms with van der Waals surface area (Å²) in [5.41, 5.74) is 2.59. The molecule has 0 aliphatic carbocycles. The molecule has 104 valence electrons. The third-order valence-electron chi connectivity index (χ3n) is 3.02. The number of carbonyl (C=O) groups excluding carboxylic acids is 1. The van der Waals surface area contributed by atoms with Gasteiger partial charge in [0.15, 0.2) is 0 Å². The van der Waals surface area contributed by atoms with Crippen molar-refractivity contribution in [3.63, 3.8) is 0 Å². The van der Waals surface area contributed by atoms with E-state index in [1.165, 1.54) is 6.92 Å². The van der Waals surface area contributed by atoms with Crippen LogP contribution in [-0.2, 0) is 11.3 Å². The minimum absolute atomic E-state index is 0.0599. The molecule has 0 saturated carbocycles. The zero-order valence-corrected chi connectivity index (χ0v) is 11.9. The van der Waals surface area contributed by atoms with E-state index in [1.807, 2.05) is 24.3 Å². The van der Waals surface area contributed by atoms with Crippen molar-refractivity contribution < 1.29 is 9.90 Å². The SMILES string of the molecule is CC(=O)NCc1ccc(C(O)c2ccc(Cl)cc2)cc1. The average Bonchev–Trinajstić information content (AvgIpc) is 2.46. The van der Waals surface area contributed by atoms with Crippen molar-refractivity contribution in [2.75, 3.05) is 0 Å². The highest BCUT2D eigenvalue weighted by Crippen LogP contribution is 2.23. The van der Waals surface area contributed by atoms with Gasteiger partial charge in [0.25, 0.3) is 0 Å². The topological polar surface area (TPSA) is 49.3 Å². The molecule has 0 spiro atoms. The van der Waals surface area contributed by atoms with E-state index in [9.17, 15) is 9.90 Å². The van der Waals surface area contributed by atoms with Gasteiger partial charge in [-0.25, -0.2) is 0 Å². The van der Waals surface area contributed by atoms with Gasteiger partial charge in [-0.3, -0.25) is 4.79 Å². The summed E-state index contributed by atoms with van der Waals surface area (Å²) in [7, 11) is 0. The van der Waals surface area contributed by atoms with Crippen LogP contribution >= 0.6 is 11.6 Å². The molecule has 20 heavy (non-hydrogen) atoms. The first-order valence-electron chi connectivity index (χ1n) is 6.33. The summed E-state index contributed by atoms with van der Waals surface area (Å²) in [5.74, 6) is -0.0599. The van der Waals surface area contributed by atoms with E-state index in [0.29, 0.717) is 11.6 Å². The smallest absolute Gasteiger partial charge is 0.217 e. The number of rotatable bonds is 4. The third kappa shape index (κ3) is 3.83. The first kappa shape index (κ1) is 14.6. The maximum atomic E-state index is 10.8. The Morgan fingerprint density at radius 2 is 1.60 bits per heavy atom. The lowest BCUT2D eigenvalue weighted by molar-refractivity contribution is -0.119. The number of benzene rings is 2. The number of hydrogen-bond acceptors (Lipinski definition) is 2. The van der Waals surface area contributed by atoms with Crippen molar-refractivity contribution >= 4 is 17.5 Å². The van der Waals surface area contributed by atoms with Crippen LogP contribution in [0, 0.1) is 0 Å². The number of carbonyl (C=O) groups is 1. The zero-order chi connectivity index (χ0) is 14.5. The van der Waals surface area contributed by atoms with Crippen LogP contribution < -0.4 is 5.32 Å². The van der Waals surface area contributed by atoms with Gasteiger partial charge in [0, 0.05) is 18.5 Å². The maximum absolute atomic E-state index is 10.8. The molecule has 4 heteroatoms. The van der Waals surface area contributed by atoms with Crippen LogP contribution in [0.2, 0.25) is 5.02 Å². The quantitative estimate of drug-likeness (QED) is 0.909. The molecule has 0 aliphatic rings. The molecule has 1 unspecified atom stereocenters. The van der Waals surface area contributed by atoms with Gasteiger partial charge < -0.3 is 10.4 Å². The van der Waals surface area contributed by atoms with E-state index >= 15 is 0 Å². The summed E-state index contributed by atoms with van der Waals surface area (Å²) in [6, 6.07) is 14.6. The Hall–Kier alpha value is -1.84. The van der Waals surface area contributed by atoms with E-state index in [-0.39, 0.29) is 5.91 Å². The van der Waals surface area contributed by atoms with Crippen molar-refractivity contribution in [1.29, 1.82) is 0 Å². The molecule has 2 aromatic carbocycles. The van der Waals surface area contributed by atoms with E-state index < -0.39 is 6.10 Å². The zero-order valence-electron chi connectivity index (χ0n) is 11.1. The summed E-state index contributed by atoms with van der Waals surface area (Å²) >= 11 is 5.83. The van der Waals surface area contributed by atoms with Crippen LogP contribution in [0.25, 0.3) is 0 Å². The molecule has 1 amide bonds. The largest absolute Gasteiger partial charge is 0.384 e. The molecular formula is C16H16ClNO2. The molecule has 0 radical (unpaired) electrons. The molecule has 2 aromatic rings. The van der Waals surface area contributed by atoms with Gasteiger partial charge in [-0.2, -0.15) is 0 Å². The second-order valence-electron chi connectivity index (χ2n) is 4.61. The predicted molar refractivity (Wildman–Crippen MR) is 79.5 cm³/mol. The van der Waals surface area contributed by atoms with Crippen molar-refractivity contribution in [3.8, 4) is 0 Å². The summed E-state index contributed by atoms with van der Waals surface area (Å²) in [6.07, 6.45) is -0.679. The number of amides is 1. The molecule has 0 heterocycles. The van der Waals surface area contributed by atoms with Crippen molar-refractivity contribution in [2.24, 2.45) is 0 Å². The Morgan fingerprint density at radius 1 is 1.10 bits per heavy atom. The number of aliphatic hydroxyl groups is 1. The third-order valence-corrected chi connectivity index (χ3v) is 3.27. The second-order valence-corrected chi connectivity index (χ2v) is 5.04. The molecule has 2 N–H and O–H groups in total. The standard InChI is InChI=1S/C16H16ClNO2/c1-11(19)18-10-12-2-4-13(5-3-12)16(20)14-6-8-15(17)9-7-14/h2-9,16,20H,10H2,1H3,(H,18,19). The summed E-state index contributed by atoms with van der Waals surface area (Å²) < 4.78 is 0. The van der Waals surface area contributed by atoms with E-state index in [0.717, 1.165) is 16.7 Å². The summed E-state index contributed by atoms with van der Waals surface area (Å²) in [4.78, 5) is 10.8. The van der Waals surface area contributed by atoms with Crippen LogP contribution in [0.3, 0.4) is 0 Å². The van der Waals surface area contributed by atoms with E-state index in [2.05, 4.69) is 5.32 Å². The van der Waals surface area contributed by atoms with Gasteiger partial charge >= 0.3 is 0 Å². The number of nitrogens with one attached hydrogen (secondary N) is 1. The van der Waals surface area contributed by atoms with Gasteiger partial charge in [-0.1, -0.05) is 48.0 Å². The first-order valence-corrected chi connectivity index (χ1v) is 6.71. The van der Waals surface area contributed by atoms with Crippen molar-refractivity contribution in [3.05, 3.63) is 70.2 Å². The Labute approximate surface area is 123 Å². The molecule has 0 saturated heterocycles. The fraction of sp³-hybridized carbons (Fsp3) is 0.188. The minimum atomic E-state index is -0.679. The van der Waals surface area contributed by atoms with Crippen LogP contribution in [-0.4, -0.2) is 11.0 Å². The number of halogens is 1. The van der Waals surface area contributed by atoms with Gasteiger partial charge in [0.1, 0.15) is 6.10 Å². The highest BCUT2D eigenvalue weighted by atomic mass is 35.5. The molecule has 0 aliphatic heterocycles. The maximum Gasteiger partial charge on any atom is 0.217 e. The van der Waals surface area contributed by atoms with Crippen LogP contribution in [0.4, 0.5) is 0 Å². The van der Waals surface area contributed by atoms with Crippen molar-refractivity contribution in [1.82, 2.24) is 5.32 Å². The van der Waals surface area contributed by atoms with Gasteiger partial charge in [0.2, 0.25) is 5.91 Å². The first-order chi connectivity index (χ1) is 9.56. The molecule has 3 nitrogen and oxygen atoms in total. The number of aliphatic hydroxyl groups excluding tert-OH is 1. The average molecular weight is 290 g/mol. The molecule has 0 aromatic heterocycles. The normalized spacial score (nSPS) is 11.9. The Morgan fingerprint density at radius 3 is 2.10 bits per heavy atom. The Kier molecular flexibility index (Phi) is 4.77. The van der Waals surface area contributed by atoms with Gasteiger partial charge in [-0.05, 0) is 28.8 Å². The monoisotopic (exact) mass is 289 g/mol. The Balaban J connectivity index is 2.09. The van der Waals surface area contributed by atoms with E-state index in [4.69, 9.17) is 11.6 Å². The second kappa shape index (κ2) is 6.55. The van der Waals surface area contributed by atoms with Crippen LogP contribution in [0.5, 0.6) is 0 Å². The molecule has 1 atom stereocenters. The molecule has 2 rings (SSSR count). The lowest BCUT2D eigenvalue weighted by Crippen LogP contribution is -2.18. The lowest BCUT2D eigenvalue weighted by Gasteiger charge is -2.12. The Bertz CT molecular complexity index is 578. The van der Waals surface area contributed by atoms with Crippen LogP contribution in [0.1, 0.15) is 29.7 Å². The van der Waals surface area contributed by atoms with E-state index in [1.54, 1.807) is 24.3 Å². The van der Waals surface area contributed by atoms with Crippen LogP contribution in [0.15, 0.2) is 48.5 Å². The van der Waals surface area contributed by atoms with Gasteiger partial charge in [0.05, 0.1) is 0 Å². The fourth-order valence-corrected chi connectivity index (χ4v) is 2.01. The molecular weight excluding hydrogens is 274 g/mol. The summed E-state index contributed by atoms with van der Waals surface area (Å²) in [6.45, 7) is 1.98. The predicted octanol–water partition coefficient (Wildman–Crippen LogP) is 3.06. The lowest BCUT2D eigenvalue weighted by atomic mass is 10.0. The van der Waals surface area contributed by atoms with Gasteiger partial charge in [-0.15, -0.1) is 0 Å². The summed E-state index contributed by atoms with van der Waals surface area (Å²) in [5, 5.41) is 13.7. The minimum Gasteiger partial charge on any atom is -0.384 e. The fourth-order valence-electron chi connectivity index (χ4n) is 1.88. The number of hydrogen-bond donors (Lipinski definition) is 2. The van der Waals surface area contributed by atoms with Crippen molar-refractivity contribution in [2.45, 2.75) is 19.6 Å². The molecule has 0 bridgehead atoms. The molecule has 0 fully saturated rings.